The molecular formula is C34H40. The lowest BCUT2D eigenvalue weighted by Crippen LogP contribution is -2.31. The molecule has 0 nitrogen and oxygen atoms in total. The van der Waals surface area contributed by atoms with E-state index in [1.807, 2.05) is 0 Å². The number of fused-ring (bicyclic) bond motifs is 4. The zero-order valence-corrected chi connectivity index (χ0v) is 21.3. The van der Waals surface area contributed by atoms with E-state index in [4.69, 9.17) is 0 Å². The van der Waals surface area contributed by atoms with Gasteiger partial charge in [0.2, 0.25) is 0 Å². The van der Waals surface area contributed by atoms with Gasteiger partial charge in [0.15, 0.2) is 0 Å². The number of hydrogen-bond donors (Lipinski definition) is 0. The molecule has 2 aromatic carbocycles. The van der Waals surface area contributed by atoms with Crippen molar-refractivity contribution >= 4 is 10.8 Å². The minimum Gasteiger partial charge on any atom is -0.0805 e. The van der Waals surface area contributed by atoms with Crippen LogP contribution in [0.4, 0.5) is 0 Å². The lowest BCUT2D eigenvalue weighted by molar-refractivity contribution is 0.197. The van der Waals surface area contributed by atoms with E-state index in [-0.39, 0.29) is 0 Å². The maximum absolute atomic E-state index is 2.56. The average molecular weight is 449 g/mol. The van der Waals surface area contributed by atoms with E-state index < -0.39 is 0 Å². The second kappa shape index (κ2) is 8.40. The predicted molar refractivity (Wildman–Crippen MR) is 146 cm³/mol. The van der Waals surface area contributed by atoms with E-state index in [1.54, 1.807) is 5.56 Å². The third kappa shape index (κ3) is 3.57. The summed E-state index contributed by atoms with van der Waals surface area (Å²) in [7, 11) is 0. The zero-order valence-electron chi connectivity index (χ0n) is 21.3. The number of rotatable bonds is 3. The van der Waals surface area contributed by atoms with Crippen molar-refractivity contribution in [2.45, 2.75) is 46.5 Å². The van der Waals surface area contributed by atoms with E-state index >= 15 is 0 Å². The van der Waals surface area contributed by atoms with Crippen LogP contribution in [0.25, 0.3) is 10.8 Å². The molecule has 0 saturated heterocycles. The fraction of sp³-hybridized carbons (Fsp3) is 0.471. The third-order valence-corrected chi connectivity index (χ3v) is 10.0. The van der Waals surface area contributed by atoms with Gasteiger partial charge >= 0.3 is 0 Å². The quantitative estimate of drug-likeness (QED) is 0.439. The van der Waals surface area contributed by atoms with Gasteiger partial charge in [0.05, 0.1) is 0 Å². The van der Waals surface area contributed by atoms with Crippen LogP contribution < -0.4 is 0 Å². The number of benzene rings is 2. The smallest absolute Gasteiger partial charge is 0.00848 e. The molecule has 176 valence electrons. The van der Waals surface area contributed by atoms with E-state index in [0.717, 1.165) is 17.8 Å². The van der Waals surface area contributed by atoms with E-state index in [1.165, 1.54) is 23.6 Å². The van der Waals surface area contributed by atoms with Gasteiger partial charge in [-0.2, -0.15) is 0 Å². The molecule has 6 rings (SSSR count). The molecule has 2 aromatic rings. The van der Waals surface area contributed by atoms with Crippen LogP contribution in [0.15, 0.2) is 91.1 Å². The molecule has 2 saturated carbocycles. The molecule has 0 aromatic heterocycles. The Balaban J connectivity index is 1.52. The van der Waals surface area contributed by atoms with Crippen LogP contribution in [0, 0.1) is 52.8 Å². The Morgan fingerprint density at radius 2 is 1.29 bits per heavy atom. The first-order valence-corrected chi connectivity index (χ1v) is 13.6. The lowest BCUT2D eigenvalue weighted by atomic mass is 9.65. The summed E-state index contributed by atoms with van der Waals surface area (Å²) in [5.41, 5.74) is 1.99. The molecule has 8 atom stereocenters. The molecule has 0 bridgehead atoms. The van der Waals surface area contributed by atoms with Crippen LogP contribution >= 0.6 is 0 Å². The summed E-state index contributed by atoms with van der Waals surface area (Å²) < 4.78 is 0. The first-order valence-electron chi connectivity index (χ1n) is 13.6. The highest BCUT2D eigenvalue weighted by Crippen LogP contribution is 2.61. The van der Waals surface area contributed by atoms with Crippen molar-refractivity contribution in [1.82, 2.24) is 0 Å². The van der Waals surface area contributed by atoms with Gasteiger partial charge in [-0.25, -0.2) is 0 Å². The Morgan fingerprint density at radius 3 is 1.91 bits per heavy atom. The van der Waals surface area contributed by atoms with E-state index in [0.29, 0.717) is 40.9 Å². The highest BCUT2D eigenvalue weighted by molar-refractivity contribution is 5.86. The van der Waals surface area contributed by atoms with Crippen LogP contribution in [-0.4, -0.2) is 0 Å². The molecule has 4 aliphatic carbocycles. The van der Waals surface area contributed by atoms with Gasteiger partial charge in [-0.1, -0.05) is 119 Å². The van der Waals surface area contributed by atoms with Crippen molar-refractivity contribution in [2.24, 2.45) is 52.8 Å². The zero-order chi connectivity index (χ0) is 23.4. The van der Waals surface area contributed by atoms with Gasteiger partial charge in [-0.3, -0.25) is 0 Å². The van der Waals surface area contributed by atoms with Gasteiger partial charge in [-0.15, -0.1) is 0 Å². The van der Waals surface area contributed by atoms with Crippen molar-refractivity contribution in [3.8, 4) is 0 Å². The standard InChI is InChI=1S/C34H40/c1-22-20-24(34(2,3)4)21-31(22)33(28-19-11-13-23-12-5-6-14-25(23)28)32-29-17-9-7-15-26(29)27-16-8-10-18-30(27)32/h5-19,22,24,26-27,29-33H,20-21H2,1-4H3/t22?,24?,26?,27?,29?,30?,31?,32?,33-/m1/s1. The molecule has 0 spiro atoms. The fourth-order valence-electron chi connectivity index (χ4n) is 8.31. The SMILES string of the molecule is CC1CC(C(C)(C)C)CC1[C@@H](c1cccc2ccccc12)C1C2C=CC=CC2C2C=CC=CC21. The minimum absolute atomic E-state index is 0.383. The Bertz CT molecular complexity index is 1130. The Morgan fingerprint density at radius 1 is 0.706 bits per heavy atom. The Labute approximate surface area is 206 Å². The first-order chi connectivity index (χ1) is 16.4. The minimum atomic E-state index is 0.383. The second-order valence-corrected chi connectivity index (χ2v) is 12.7. The molecule has 0 radical (unpaired) electrons. The van der Waals surface area contributed by atoms with Gasteiger partial charge < -0.3 is 0 Å². The van der Waals surface area contributed by atoms with Crippen molar-refractivity contribution in [1.29, 1.82) is 0 Å². The predicted octanol–water partition coefficient (Wildman–Crippen LogP) is 8.98. The molecular weight excluding hydrogens is 408 g/mol. The summed E-state index contributed by atoms with van der Waals surface area (Å²) in [6.45, 7) is 9.95. The summed E-state index contributed by atoms with van der Waals surface area (Å²) in [6, 6.07) is 16.2. The van der Waals surface area contributed by atoms with Crippen molar-refractivity contribution in [3.05, 3.63) is 96.6 Å². The van der Waals surface area contributed by atoms with Crippen LogP contribution in [0.1, 0.15) is 52.0 Å². The Hall–Kier alpha value is -2.34. The second-order valence-electron chi connectivity index (χ2n) is 12.7. The van der Waals surface area contributed by atoms with Gasteiger partial charge in [0.1, 0.15) is 0 Å². The van der Waals surface area contributed by atoms with E-state index in [2.05, 4.69) is 119 Å². The van der Waals surface area contributed by atoms with Gasteiger partial charge in [0, 0.05) is 0 Å². The van der Waals surface area contributed by atoms with Crippen molar-refractivity contribution < 1.29 is 0 Å². The van der Waals surface area contributed by atoms with Crippen molar-refractivity contribution in [2.75, 3.05) is 0 Å². The average Bonchev–Trinajstić information content (AvgIpc) is 3.39. The molecule has 0 N–H and O–H groups in total. The van der Waals surface area contributed by atoms with Crippen LogP contribution in [-0.2, 0) is 0 Å². The number of hydrogen-bond acceptors (Lipinski definition) is 0. The van der Waals surface area contributed by atoms with E-state index in [9.17, 15) is 0 Å². The molecule has 4 aliphatic rings. The van der Waals surface area contributed by atoms with Crippen molar-refractivity contribution in [3.63, 3.8) is 0 Å². The molecule has 2 fully saturated rings. The molecule has 34 heavy (non-hydrogen) atoms. The summed E-state index contributed by atoms with van der Waals surface area (Å²) >= 11 is 0. The largest absolute Gasteiger partial charge is 0.0805 e. The molecule has 0 aliphatic heterocycles. The number of allylic oxidation sites excluding steroid dienone is 8. The molecule has 0 heterocycles. The lowest BCUT2D eigenvalue weighted by Gasteiger charge is -2.39. The van der Waals surface area contributed by atoms with Crippen LogP contribution in [0.2, 0.25) is 0 Å². The monoisotopic (exact) mass is 448 g/mol. The normalized spacial score (nSPS) is 37.2. The maximum Gasteiger partial charge on any atom is -0.00848 e. The summed E-state index contributed by atoms with van der Waals surface area (Å²) in [5, 5.41) is 2.87. The summed E-state index contributed by atoms with van der Waals surface area (Å²) in [4.78, 5) is 0. The van der Waals surface area contributed by atoms with Gasteiger partial charge in [0.25, 0.3) is 0 Å². The summed E-state index contributed by atoms with van der Waals surface area (Å²) in [6.07, 6.45) is 22.1. The first kappa shape index (κ1) is 22.1. The molecule has 7 unspecified atom stereocenters. The molecule has 0 amide bonds. The third-order valence-electron chi connectivity index (χ3n) is 10.0. The maximum atomic E-state index is 2.56. The topological polar surface area (TPSA) is 0 Å². The highest BCUT2D eigenvalue weighted by Gasteiger charge is 2.54. The van der Waals surface area contributed by atoms with Crippen LogP contribution in [0.3, 0.4) is 0 Å². The van der Waals surface area contributed by atoms with Crippen LogP contribution in [0.5, 0.6) is 0 Å². The molecule has 0 heteroatoms. The van der Waals surface area contributed by atoms with Gasteiger partial charge in [-0.05, 0) is 87.9 Å². The fourth-order valence-corrected chi connectivity index (χ4v) is 8.31. The summed E-state index contributed by atoms with van der Waals surface area (Å²) in [5.74, 6) is 6.05. The highest BCUT2D eigenvalue weighted by atomic mass is 14.6. The Kier molecular flexibility index (Phi) is 5.47.